The van der Waals surface area contributed by atoms with Crippen LogP contribution in [0.2, 0.25) is 0 Å². The van der Waals surface area contributed by atoms with Gasteiger partial charge in [-0.2, -0.15) is 0 Å². The van der Waals surface area contributed by atoms with Crippen molar-refractivity contribution in [3.8, 4) is 0 Å². The van der Waals surface area contributed by atoms with Crippen LogP contribution < -0.4 is 0 Å². The van der Waals surface area contributed by atoms with Crippen LogP contribution in [0, 0.1) is 50.2 Å². The fourth-order valence-corrected chi connectivity index (χ4v) is 10.6. The number of hydrogen-bond acceptors (Lipinski definition) is 4. The van der Waals surface area contributed by atoms with Crippen molar-refractivity contribution in [3.05, 3.63) is 11.6 Å². The molecule has 0 unspecified atom stereocenters. The number of rotatable bonds is 2. The van der Waals surface area contributed by atoms with E-state index in [1.165, 1.54) is 5.57 Å². The number of allylic oxidation sites excluding steroid dienone is 2. The lowest BCUT2D eigenvalue weighted by Gasteiger charge is -2.71. The van der Waals surface area contributed by atoms with Gasteiger partial charge in [-0.25, -0.2) is 0 Å². The molecule has 0 saturated heterocycles. The molecule has 4 saturated carbocycles. The van der Waals surface area contributed by atoms with E-state index >= 15 is 0 Å². The minimum atomic E-state index is -1.09. The normalized spacial score (nSPS) is 54.9. The Bertz CT molecular complexity index is 970. The Hall–Kier alpha value is -1.20. The molecule has 5 aliphatic rings. The number of aliphatic carboxylic acids is 1. The maximum Gasteiger partial charge on any atom is 0.312 e. The number of hydrogen-bond donors (Lipinski definition) is 3. The van der Waals surface area contributed by atoms with E-state index in [0.29, 0.717) is 25.2 Å². The second kappa shape index (κ2) is 7.43. The number of carboxylic acid groups (broad SMARTS) is 1. The summed E-state index contributed by atoms with van der Waals surface area (Å²) in [6.07, 6.45) is 8.83. The fourth-order valence-electron chi connectivity index (χ4n) is 10.6. The van der Waals surface area contributed by atoms with Gasteiger partial charge in [0, 0.05) is 0 Å². The minimum Gasteiger partial charge on any atom is -0.481 e. The van der Waals surface area contributed by atoms with Gasteiger partial charge < -0.3 is 20.1 Å². The summed E-state index contributed by atoms with van der Waals surface area (Å²) >= 11 is 0. The number of carbonyl (C=O) groups is 2. The molecule has 5 nitrogen and oxygen atoms in total. The summed E-state index contributed by atoms with van der Waals surface area (Å²) in [5.41, 5.74) is -0.934. The predicted octanol–water partition coefficient (Wildman–Crippen LogP) is 5.38. The Labute approximate surface area is 210 Å². The van der Waals surface area contributed by atoms with Crippen LogP contribution in [0.3, 0.4) is 0 Å². The van der Waals surface area contributed by atoms with Crippen LogP contribution in [0.5, 0.6) is 0 Å². The number of aliphatic hydroxyl groups is 2. The molecule has 0 aromatic carbocycles. The third-order valence-electron chi connectivity index (χ3n) is 13.0. The summed E-state index contributed by atoms with van der Waals surface area (Å²) in [4.78, 5) is 25.1. The maximum atomic E-state index is 12.8. The zero-order chi connectivity index (χ0) is 25.8. The van der Waals surface area contributed by atoms with Gasteiger partial charge in [0.25, 0.3) is 0 Å². The first-order valence-electron chi connectivity index (χ1n) is 13.9. The Morgan fingerprint density at radius 1 is 0.914 bits per heavy atom. The Kier molecular flexibility index (Phi) is 5.40. The van der Waals surface area contributed by atoms with E-state index in [2.05, 4.69) is 40.7 Å². The topological polar surface area (TPSA) is 94.8 Å². The Morgan fingerprint density at radius 3 is 2.23 bits per heavy atom. The van der Waals surface area contributed by atoms with E-state index in [1.54, 1.807) is 0 Å². The van der Waals surface area contributed by atoms with Gasteiger partial charge in [0.05, 0.1) is 17.6 Å². The highest BCUT2D eigenvalue weighted by atomic mass is 16.4. The molecule has 0 aromatic heterocycles. The van der Waals surface area contributed by atoms with Crippen LogP contribution in [0.25, 0.3) is 0 Å². The molecule has 0 radical (unpaired) electrons. The maximum absolute atomic E-state index is 12.8. The van der Waals surface area contributed by atoms with Crippen LogP contribution in [-0.2, 0) is 9.59 Å². The van der Waals surface area contributed by atoms with Gasteiger partial charge in [0.2, 0.25) is 0 Å². The summed E-state index contributed by atoms with van der Waals surface area (Å²) in [6, 6.07) is 0. The molecule has 196 valence electrons. The van der Waals surface area contributed by atoms with E-state index in [1.807, 2.05) is 6.92 Å². The lowest BCUT2D eigenvalue weighted by atomic mass is 9.33. The van der Waals surface area contributed by atoms with Crippen molar-refractivity contribution in [1.82, 2.24) is 0 Å². The highest BCUT2D eigenvalue weighted by molar-refractivity contribution is 5.77. The highest BCUT2D eigenvalue weighted by Crippen LogP contribution is 2.75. The van der Waals surface area contributed by atoms with Crippen LogP contribution in [0.1, 0.15) is 99.3 Å². The van der Waals surface area contributed by atoms with E-state index in [4.69, 9.17) is 0 Å². The van der Waals surface area contributed by atoms with Gasteiger partial charge in [0.1, 0.15) is 11.7 Å². The SMILES string of the molecule is CC1(C)CC[C@]2(C(=O)O)[C@H](O)C[C@]3(C)C(=CC[C@H]4[C@@]5(C)CC[C@H](O)[C@](C)(C=O)[C@H]5CC[C@]43C)[C@H]2C1. The molecule has 5 heteroatoms. The minimum absolute atomic E-state index is 0.0507. The molecular formula is C30H46O5. The van der Waals surface area contributed by atoms with Crippen molar-refractivity contribution < 1.29 is 24.9 Å². The summed E-state index contributed by atoms with van der Waals surface area (Å²) in [7, 11) is 0. The number of aliphatic hydroxyl groups excluding tert-OH is 2. The second-order valence-corrected chi connectivity index (χ2v) is 14.8. The lowest BCUT2D eigenvalue weighted by molar-refractivity contribution is -0.217. The third kappa shape index (κ3) is 2.94. The summed E-state index contributed by atoms with van der Waals surface area (Å²) in [5, 5.41) is 33.0. The predicted molar refractivity (Wildman–Crippen MR) is 134 cm³/mol. The number of carboxylic acids is 1. The molecule has 4 fully saturated rings. The molecule has 5 rings (SSSR count). The summed E-state index contributed by atoms with van der Waals surface area (Å²) in [5.74, 6) is -0.517. The van der Waals surface area contributed by atoms with Crippen LogP contribution >= 0.6 is 0 Å². The van der Waals surface area contributed by atoms with Crippen molar-refractivity contribution in [2.24, 2.45) is 50.2 Å². The number of carbonyl (C=O) groups excluding carboxylic acids is 1. The van der Waals surface area contributed by atoms with E-state index < -0.39 is 29.0 Å². The smallest absolute Gasteiger partial charge is 0.312 e. The third-order valence-corrected chi connectivity index (χ3v) is 13.0. The fraction of sp³-hybridized carbons (Fsp3) is 0.867. The molecule has 3 N–H and O–H groups in total. The van der Waals surface area contributed by atoms with E-state index in [-0.39, 0.29) is 33.5 Å². The van der Waals surface area contributed by atoms with Gasteiger partial charge in [-0.05, 0) is 97.2 Å². The van der Waals surface area contributed by atoms with Gasteiger partial charge in [0.15, 0.2) is 0 Å². The molecule has 10 atom stereocenters. The number of fused-ring (bicyclic) bond motifs is 7. The first-order valence-corrected chi connectivity index (χ1v) is 13.9. The van der Waals surface area contributed by atoms with Crippen LogP contribution in [0.4, 0.5) is 0 Å². The molecule has 5 aliphatic carbocycles. The van der Waals surface area contributed by atoms with Gasteiger partial charge >= 0.3 is 5.97 Å². The van der Waals surface area contributed by atoms with Gasteiger partial charge in [-0.15, -0.1) is 0 Å². The highest BCUT2D eigenvalue weighted by Gasteiger charge is 2.71. The molecule has 0 bridgehead atoms. The molecule has 0 aromatic rings. The van der Waals surface area contributed by atoms with Crippen molar-refractivity contribution in [3.63, 3.8) is 0 Å². The lowest BCUT2D eigenvalue weighted by Crippen LogP contribution is -2.67. The van der Waals surface area contributed by atoms with Crippen molar-refractivity contribution in [1.29, 1.82) is 0 Å². The largest absolute Gasteiger partial charge is 0.481 e. The first-order chi connectivity index (χ1) is 16.1. The Morgan fingerprint density at radius 2 is 1.60 bits per heavy atom. The standard InChI is InChI=1S/C30H46O5/c1-25(2)13-14-30(24(34)35)19(15-25)18-7-8-21-26(3)11-10-22(32)27(4,17-31)20(26)9-12-28(21,5)29(18,6)16-23(30)33/h7,17,19-23,32-33H,8-16H2,1-6H3,(H,34,35)/t19-,20+,21+,22+,23-,26+,27-,28-,29-,30-/m1/s1. The van der Waals surface area contributed by atoms with E-state index in [9.17, 15) is 24.9 Å². The monoisotopic (exact) mass is 486 g/mol. The van der Waals surface area contributed by atoms with Crippen molar-refractivity contribution in [2.45, 2.75) is 112 Å². The van der Waals surface area contributed by atoms with E-state index in [0.717, 1.165) is 44.8 Å². The number of aldehydes is 1. The second-order valence-electron chi connectivity index (χ2n) is 14.8. The van der Waals surface area contributed by atoms with Crippen molar-refractivity contribution >= 4 is 12.3 Å². The van der Waals surface area contributed by atoms with Gasteiger partial charge in [-0.3, -0.25) is 4.79 Å². The quantitative estimate of drug-likeness (QED) is 0.360. The van der Waals surface area contributed by atoms with Gasteiger partial charge in [-0.1, -0.05) is 53.2 Å². The average Bonchev–Trinajstić information content (AvgIpc) is 2.76. The average molecular weight is 487 g/mol. The summed E-state index contributed by atoms with van der Waals surface area (Å²) in [6.45, 7) is 13.5. The van der Waals surface area contributed by atoms with Crippen LogP contribution in [-0.4, -0.2) is 39.8 Å². The zero-order valence-electron chi connectivity index (χ0n) is 22.6. The molecule has 0 heterocycles. The Balaban J connectivity index is 1.63. The zero-order valence-corrected chi connectivity index (χ0v) is 22.6. The molecule has 0 spiro atoms. The summed E-state index contributed by atoms with van der Waals surface area (Å²) < 4.78 is 0. The first kappa shape index (κ1) is 25.4. The molecule has 35 heavy (non-hydrogen) atoms. The molecule has 0 amide bonds. The van der Waals surface area contributed by atoms with Crippen LogP contribution in [0.15, 0.2) is 11.6 Å². The molecular weight excluding hydrogens is 440 g/mol. The van der Waals surface area contributed by atoms with Crippen molar-refractivity contribution in [2.75, 3.05) is 0 Å². The molecule has 0 aliphatic heterocycles.